The topological polar surface area (TPSA) is 81.9 Å². The average Bonchev–Trinajstić information content (AvgIpc) is 3.26. The van der Waals surface area contributed by atoms with Gasteiger partial charge in [-0.1, -0.05) is 36.4 Å². The number of carbonyl (C=O) groups is 1. The lowest BCUT2D eigenvalue weighted by atomic mass is 10.0. The van der Waals surface area contributed by atoms with Gasteiger partial charge in [0.2, 0.25) is 5.88 Å². The van der Waals surface area contributed by atoms with Crippen molar-refractivity contribution in [2.75, 3.05) is 5.32 Å². The molecule has 7 nitrogen and oxygen atoms in total. The molecule has 5 aromatic rings. The summed E-state index contributed by atoms with van der Waals surface area (Å²) in [6.07, 6.45) is 3.53. The van der Waals surface area contributed by atoms with Crippen LogP contribution in [0.1, 0.15) is 16.2 Å². The highest BCUT2D eigenvalue weighted by Crippen LogP contribution is 2.23. The molecule has 0 aliphatic heterocycles. The fraction of sp³-hybridized carbons (Fsp3) is 0.0400. The van der Waals surface area contributed by atoms with Gasteiger partial charge < -0.3 is 10.1 Å². The fourth-order valence-electron chi connectivity index (χ4n) is 3.46. The number of carbonyl (C=O) groups excluding carboxylic acids is 1. The quantitative estimate of drug-likeness (QED) is 0.423. The van der Waals surface area contributed by atoms with E-state index >= 15 is 0 Å². The zero-order valence-electron chi connectivity index (χ0n) is 17.3. The summed E-state index contributed by atoms with van der Waals surface area (Å²) in [6, 6.07) is 24.2. The van der Waals surface area contributed by atoms with Gasteiger partial charge in [-0.15, -0.1) is 10.2 Å². The normalized spacial score (nSPS) is 10.8. The Balaban J connectivity index is 1.27. The third kappa shape index (κ3) is 3.91. The summed E-state index contributed by atoms with van der Waals surface area (Å²) in [4.78, 5) is 17.0. The summed E-state index contributed by atoms with van der Waals surface area (Å²) in [7, 11) is 0. The first-order valence-electron chi connectivity index (χ1n) is 10.1. The standard InChI is InChI=1S/C25H19N5O2/c1-17-26-15-16-30(17)23-13-14-24(29-28-23)32-20-11-9-19(10-12-20)27-25(31)22-8-4-6-18-5-2-3-7-21(18)22/h2-16H,1H3,(H,27,31). The van der Waals surface area contributed by atoms with Crippen molar-refractivity contribution in [3.63, 3.8) is 0 Å². The van der Waals surface area contributed by atoms with Crippen molar-refractivity contribution >= 4 is 22.4 Å². The van der Waals surface area contributed by atoms with Crippen LogP contribution in [0.5, 0.6) is 11.6 Å². The van der Waals surface area contributed by atoms with Gasteiger partial charge in [0, 0.05) is 29.7 Å². The van der Waals surface area contributed by atoms with E-state index in [1.807, 2.05) is 66.2 Å². The molecular formula is C25H19N5O2. The molecule has 0 radical (unpaired) electrons. The Morgan fingerprint density at radius 1 is 0.906 bits per heavy atom. The van der Waals surface area contributed by atoms with Gasteiger partial charge in [-0.05, 0) is 54.1 Å². The Morgan fingerprint density at radius 2 is 1.72 bits per heavy atom. The Labute approximate surface area is 184 Å². The summed E-state index contributed by atoms with van der Waals surface area (Å²) in [5, 5.41) is 13.2. The molecule has 1 N–H and O–H groups in total. The van der Waals surface area contributed by atoms with Crippen LogP contribution >= 0.6 is 0 Å². The Kier molecular flexibility index (Phi) is 5.05. The van der Waals surface area contributed by atoms with Crippen LogP contribution < -0.4 is 10.1 Å². The second kappa shape index (κ2) is 8.31. The molecule has 5 rings (SSSR count). The second-order valence-corrected chi connectivity index (χ2v) is 7.18. The summed E-state index contributed by atoms with van der Waals surface area (Å²) < 4.78 is 7.61. The van der Waals surface area contributed by atoms with Crippen molar-refractivity contribution in [3.8, 4) is 17.4 Å². The van der Waals surface area contributed by atoms with Crippen LogP contribution in [0.2, 0.25) is 0 Å². The number of ether oxygens (including phenoxy) is 1. The van der Waals surface area contributed by atoms with E-state index in [-0.39, 0.29) is 5.91 Å². The van der Waals surface area contributed by atoms with Crippen LogP contribution in [0.15, 0.2) is 91.3 Å². The first-order chi connectivity index (χ1) is 15.7. The number of fused-ring (bicyclic) bond motifs is 1. The van der Waals surface area contributed by atoms with E-state index in [2.05, 4.69) is 20.5 Å². The molecule has 0 aliphatic carbocycles. The molecule has 2 aromatic heterocycles. The van der Waals surface area contributed by atoms with Gasteiger partial charge in [0.1, 0.15) is 11.6 Å². The van der Waals surface area contributed by atoms with Crippen LogP contribution in [-0.2, 0) is 0 Å². The number of aryl methyl sites for hydroxylation is 1. The SMILES string of the molecule is Cc1nccn1-c1ccc(Oc2ccc(NC(=O)c3cccc4ccccc34)cc2)nn1. The molecule has 0 spiro atoms. The molecule has 2 heterocycles. The van der Waals surface area contributed by atoms with Gasteiger partial charge in [-0.2, -0.15) is 0 Å². The Bertz CT molecular complexity index is 1390. The molecule has 0 unspecified atom stereocenters. The molecule has 0 saturated carbocycles. The number of aromatic nitrogens is 4. The van der Waals surface area contributed by atoms with E-state index in [0.29, 0.717) is 28.7 Å². The average molecular weight is 421 g/mol. The predicted octanol–water partition coefficient (Wildman–Crippen LogP) is 5.17. The van der Waals surface area contributed by atoms with Gasteiger partial charge in [-0.25, -0.2) is 4.98 Å². The van der Waals surface area contributed by atoms with Crippen LogP contribution in [0.25, 0.3) is 16.6 Å². The lowest BCUT2D eigenvalue weighted by Crippen LogP contribution is -2.12. The molecule has 7 heteroatoms. The van der Waals surface area contributed by atoms with Crippen molar-refractivity contribution < 1.29 is 9.53 Å². The second-order valence-electron chi connectivity index (χ2n) is 7.18. The predicted molar refractivity (Wildman–Crippen MR) is 122 cm³/mol. The number of hydrogen-bond acceptors (Lipinski definition) is 5. The number of rotatable bonds is 5. The molecular weight excluding hydrogens is 402 g/mol. The molecule has 3 aromatic carbocycles. The highest BCUT2D eigenvalue weighted by atomic mass is 16.5. The molecule has 0 atom stereocenters. The van der Waals surface area contributed by atoms with Gasteiger partial charge in [-0.3, -0.25) is 9.36 Å². The fourth-order valence-corrected chi connectivity index (χ4v) is 3.46. The Hall–Kier alpha value is -4.52. The first-order valence-corrected chi connectivity index (χ1v) is 10.1. The van der Waals surface area contributed by atoms with Gasteiger partial charge in [0.15, 0.2) is 5.82 Å². The molecule has 0 saturated heterocycles. The zero-order chi connectivity index (χ0) is 21.9. The third-order valence-electron chi connectivity index (χ3n) is 5.07. The summed E-state index contributed by atoms with van der Waals surface area (Å²) in [6.45, 7) is 1.90. The minimum atomic E-state index is -0.160. The third-order valence-corrected chi connectivity index (χ3v) is 5.07. The number of amides is 1. The van der Waals surface area contributed by atoms with E-state index in [1.54, 1.807) is 36.5 Å². The minimum Gasteiger partial charge on any atom is -0.438 e. The smallest absolute Gasteiger partial charge is 0.256 e. The highest BCUT2D eigenvalue weighted by molar-refractivity contribution is 6.12. The van der Waals surface area contributed by atoms with Gasteiger partial charge in [0.05, 0.1) is 0 Å². The van der Waals surface area contributed by atoms with E-state index in [4.69, 9.17) is 4.74 Å². The lowest BCUT2D eigenvalue weighted by Gasteiger charge is -2.09. The number of nitrogens with zero attached hydrogens (tertiary/aromatic N) is 4. The van der Waals surface area contributed by atoms with Gasteiger partial charge >= 0.3 is 0 Å². The monoisotopic (exact) mass is 421 g/mol. The summed E-state index contributed by atoms with van der Waals surface area (Å²) in [5.74, 6) is 2.30. The van der Waals surface area contributed by atoms with Crippen molar-refractivity contribution in [1.82, 2.24) is 19.7 Å². The summed E-state index contributed by atoms with van der Waals surface area (Å²) >= 11 is 0. The number of benzene rings is 3. The minimum absolute atomic E-state index is 0.160. The summed E-state index contributed by atoms with van der Waals surface area (Å²) in [5.41, 5.74) is 1.30. The van der Waals surface area contributed by atoms with Crippen LogP contribution in [0.3, 0.4) is 0 Å². The highest BCUT2D eigenvalue weighted by Gasteiger charge is 2.10. The van der Waals surface area contributed by atoms with E-state index in [0.717, 1.165) is 16.6 Å². The Morgan fingerprint density at radius 3 is 2.47 bits per heavy atom. The molecule has 0 fully saturated rings. The number of anilines is 1. The van der Waals surface area contributed by atoms with E-state index in [1.165, 1.54) is 0 Å². The molecule has 1 amide bonds. The largest absolute Gasteiger partial charge is 0.438 e. The van der Waals surface area contributed by atoms with Crippen molar-refractivity contribution in [2.45, 2.75) is 6.92 Å². The van der Waals surface area contributed by atoms with Crippen molar-refractivity contribution in [3.05, 3.63) is 103 Å². The molecule has 32 heavy (non-hydrogen) atoms. The van der Waals surface area contributed by atoms with E-state index in [9.17, 15) is 4.79 Å². The molecule has 0 bridgehead atoms. The van der Waals surface area contributed by atoms with Crippen LogP contribution in [-0.4, -0.2) is 25.7 Å². The van der Waals surface area contributed by atoms with Crippen molar-refractivity contribution in [1.29, 1.82) is 0 Å². The number of nitrogens with one attached hydrogen (secondary N) is 1. The van der Waals surface area contributed by atoms with Crippen LogP contribution in [0, 0.1) is 6.92 Å². The molecule has 156 valence electrons. The van der Waals surface area contributed by atoms with E-state index < -0.39 is 0 Å². The van der Waals surface area contributed by atoms with Crippen LogP contribution in [0.4, 0.5) is 5.69 Å². The number of imidazole rings is 1. The maximum atomic E-state index is 12.8. The number of hydrogen-bond donors (Lipinski definition) is 1. The van der Waals surface area contributed by atoms with Crippen molar-refractivity contribution in [2.24, 2.45) is 0 Å². The maximum Gasteiger partial charge on any atom is 0.256 e. The maximum absolute atomic E-state index is 12.8. The zero-order valence-corrected chi connectivity index (χ0v) is 17.3. The lowest BCUT2D eigenvalue weighted by molar-refractivity contribution is 0.102. The molecule has 0 aliphatic rings. The first kappa shape index (κ1) is 19.4. The van der Waals surface area contributed by atoms with Gasteiger partial charge in [0.25, 0.3) is 5.91 Å².